The summed E-state index contributed by atoms with van der Waals surface area (Å²) in [7, 11) is 1.51. The molecule has 1 atom stereocenters. The van der Waals surface area contributed by atoms with Gasteiger partial charge in [0, 0.05) is 18.5 Å². The normalized spacial score (nSPS) is 11.7. The van der Waals surface area contributed by atoms with Crippen LogP contribution in [0.15, 0.2) is 6.07 Å². The van der Waals surface area contributed by atoms with Crippen molar-refractivity contribution in [3.63, 3.8) is 0 Å². The first-order valence-corrected chi connectivity index (χ1v) is 8.16. The lowest BCUT2D eigenvalue weighted by Crippen LogP contribution is -2.36. The molecule has 7 nitrogen and oxygen atoms in total. The van der Waals surface area contributed by atoms with Crippen LogP contribution in [0.1, 0.15) is 36.0 Å². The van der Waals surface area contributed by atoms with E-state index < -0.39 is 23.9 Å². The van der Waals surface area contributed by atoms with Crippen LogP contribution in [0.4, 0.5) is 9.80 Å². The number of thiophene rings is 1. The lowest BCUT2D eigenvalue weighted by molar-refractivity contribution is -0.141. The third-order valence-corrected chi connectivity index (χ3v) is 4.36. The number of hydrogen-bond donors (Lipinski definition) is 2. The second kappa shape index (κ2) is 8.52. The number of esters is 1. The van der Waals surface area contributed by atoms with Gasteiger partial charge < -0.3 is 14.7 Å². The first kappa shape index (κ1) is 19.0. The Balaban J connectivity index is 2.86. The molecular weight excluding hydrogens is 320 g/mol. The summed E-state index contributed by atoms with van der Waals surface area (Å²) in [6.45, 7) is 5.51. The van der Waals surface area contributed by atoms with Gasteiger partial charge in [-0.1, -0.05) is 13.8 Å². The first-order valence-electron chi connectivity index (χ1n) is 7.34. The van der Waals surface area contributed by atoms with Gasteiger partial charge in [0.2, 0.25) is 0 Å². The maximum atomic E-state index is 12.2. The molecule has 128 valence electrons. The molecule has 0 saturated heterocycles. The minimum absolute atomic E-state index is 0.0713. The summed E-state index contributed by atoms with van der Waals surface area (Å²) in [4.78, 5) is 37.2. The number of urea groups is 1. The summed E-state index contributed by atoms with van der Waals surface area (Å²) in [5.41, 5.74) is 0.321. The van der Waals surface area contributed by atoms with Crippen LogP contribution in [0, 0.1) is 5.92 Å². The number of carboxylic acid groups (broad SMARTS) is 1. The van der Waals surface area contributed by atoms with Crippen molar-refractivity contribution in [1.29, 1.82) is 0 Å². The zero-order valence-corrected chi connectivity index (χ0v) is 14.5. The SMILES string of the molecule is CCOC(=O)c1cc(CC)sc1NC(=O)N(C)CC(C)C(=O)O. The number of rotatable bonds is 7. The van der Waals surface area contributed by atoms with Crippen LogP contribution in [0.5, 0.6) is 0 Å². The van der Waals surface area contributed by atoms with Gasteiger partial charge in [0.25, 0.3) is 0 Å². The average Bonchev–Trinajstić information content (AvgIpc) is 2.90. The minimum Gasteiger partial charge on any atom is -0.481 e. The highest BCUT2D eigenvalue weighted by Gasteiger charge is 2.22. The second-order valence-corrected chi connectivity index (χ2v) is 6.22. The molecule has 2 N–H and O–H groups in total. The number of anilines is 1. The number of carboxylic acids is 1. The molecule has 8 heteroatoms. The molecule has 0 aromatic carbocycles. The molecule has 1 aromatic heterocycles. The van der Waals surface area contributed by atoms with E-state index in [-0.39, 0.29) is 13.2 Å². The Bertz CT molecular complexity index is 584. The minimum atomic E-state index is -0.971. The fraction of sp³-hybridized carbons (Fsp3) is 0.533. The molecule has 0 aliphatic carbocycles. The summed E-state index contributed by atoms with van der Waals surface area (Å²) in [6, 6.07) is 1.24. The molecule has 1 unspecified atom stereocenters. The monoisotopic (exact) mass is 342 g/mol. The number of amides is 2. The third-order valence-electron chi connectivity index (χ3n) is 3.16. The molecule has 0 saturated carbocycles. The fourth-order valence-corrected chi connectivity index (χ4v) is 2.81. The van der Waals surface area contributed by atoms with Gasteiger partial charge in [-0.05, 0) is 19.4 Å². The van der Waals surface area contributed by atoms with E-state index in [9.17, 15) is 14.4 Å². The van der Waals surface area contributed by atoms with E-state index in [1.807, 2.05) is 6.92 Å². The molecule has 1 rings (SSSR count). The van der Waals surface area contributed by atoms with Crippen molar-refractivity contribution in [2.75, 3.05) is 25.5 Å². The van der Waals surface area contributed by atoms with E-state index in [0.717, 1.165) is 11.3 Å². The average molecular weight is 342 g/mol. The molecule has 0 aliphatic rings. The molecule has 1 heterocycles. The lowest BCUT2D eigenvalue weighted by atomic mass is 10.2. The number of aryl methyl sites for hydroxylation is 1. The summed E-state index contributed by atoms with van der Waals surface area (Å²) in [5.74, 6) is -2.13. The van der Waals surface area contributed by atoms with Crippen LogP contribution < -0.4 is 5.32 Å². The van der Waals surface area contributed by atoms with Gasteiger partial charge in [0.05, 0.1) is 18.1 Å². The first-order chi connectivity index (χ1) is 10.8. The van der Waals surface area contributed by atoms with Crippen molar-refractivity contribution in [3.05, 3.63) is 16.5 Å². The van der Waals surface area contributed by atoms with E-state index >= 15 is 0 Å². The van der Waals surface area contributed by atoms with Crippen LogP contribution in [0.2, 0.25) is 0 Å². The molecule has 0 spiro atoms. The van der Waals surface area contributed by atoms with E-state index in [4.69, 9.17) is 9.84 Å². The quantitative estimate of drug-likeness (QED) is 0.743. The van der Waals surface area contributed by atoms with Gasteiger partial charge in [-0.3, -0.25) is 10.1 Å². The Hall–Kier alpha value is -2.09. The van der Waals surface area contributed by atoms with Gasteiger partial charge in [-0.15, -0.1) is 11.3 Å². The van der Waals surface area contributed by atoms with Crippen molar-refractivity contribution in [1.82, 2.24) is 4.90 Å². The van der Waals surface area contributed by atoms with Crippen LogP contribution in [0.25, 0.3) is 0 Å². The zero-order valence-electron chi connectivity index (χ0n) is 13.7. The fourth-order valence-electron chi connectivity index (χ4n) is 1.83. The standard InChI is InChI=1S/C15H22N2O5S/c1-5-10-7-11(14(20)22-6-2)12(23-10)16-15(21)17(4)8-9(3)13(18)19/h7,9H,5-6,8H2,1-4H3,(H,16,21)(H,18,19). The Morgan fingerprint density at radius 2 is 2.04 bits per heavy atom. The smallest absolute Gasteiger partial charge is 0.341 e. The maximum absolute atomic E-state index is 12.2. The summed E-state index contributed by atoms with van der Waals surface area (Å²) >= 11 is 1.31. The van der Waals surface area contributed by atoms with Crippen molar-refractivity contribution in [2.24, 2.45) is 5.92 Å². The molecule has 0 aliphatic heterocycles. The van der Waals surface area contributed by atoms with Gasteiger partial charge in [-0.25, -0.2) is 9.59 Å². The summed E-state index contributed by atoms with van der Waals surface area (Å²) in [6.07, 6.45) is 0.735. The molecule has 23 heavy (non-hydrogen) atoms. The van der Waals surface area contributed by atoms with Crippen LogP contribution in [0.3, 0.4) is 0 Å². The van der Waals surface area contributed by atoms with Gasteiger partial charge in [-0.2, -0.15) is 0 Å². The van der Waals surface area contributed by atoms with Crippen LogP contribution in [-0.2, 0) is 16.0 Å². The predicted octanol–water partition coefficient (Wildman–Crippen LogP) is 2.67. The van der Waals surface area contributed by atoms with Crippen LogP contribution in [-0.4, -0.2) is 48.2 Å². The molecule has 0 fully saturated rings. The topological polar surface area (TPSA) is 95.9 Å². The Morgan fingerprint density at radius 1 is 1.39 bits per heavy atom. The van der Waals surface area contributed by atoms with Gasteiger partial charge >= 0.3 is 18.0 Å². The highest BCUT2D eigenvalue weighted by molar-refractivity contribution is 7.16. The summed E-state index contributed by atoms with van der Waals surface area (Å²) in [5, 5.41) is 12.0. The molecule has 2 amide bonds. The number of hydrogen-bond acceptors (Lipinski definition) is 5. The lowest BCUT2D eigenvalue weighted by Gasteiger charge is -2.19. The molecule has 0 radical (unpaired) electrons. The van der Waals surface area contributed by atoms with Crippen molar-refractivity contribution >= 4 is 34.3 Å². The highest BCUT2D eigenvalue weighted by Crippen LogP contribution is 2.29. The Kier molecular flexibility index (Phi) is 7.02. The van der Waals surface area contributed by atoms with Crippen molar-refractivity contribution in [3.8, 4) is 0 Å². The molecular formula is C15H22N2O5S. The number of nitrogens with one attached hydrogen (secondary N) is 1. The Morgan fingerprint density at radius 3 is 2.57 bits per heavy atom. The number of carbonyl (C=O) groups is 3. The van der Waals surface area contributed by atoms with E-state index in [1.165, 1.54) is 30.2 Å². The number of aliphatic carboxylic acids is 1. The second-order valence-electron chi connectivity index (χ2n) is 5.08. The number of nitrogens with zero attached hydrogens (tertiary/aromatic N) is 1. The molecule has 1 aromatic rings. The third kappa shape index (κ3) is 5.24. The van der Waals surface area contributed by atoms with E-state index in [1.54, 1.807) is 13.0 Å². The zero-order chi connectivity index (χ0) is 17.6. The van der Waals surface area contributed by atoms with Crippen molar-refractivity contribution < 1.29 is 24.2 Å². The summed E-state index contributed by atoms with van der Waals surface area (Å²) < 4.78 is 4.99. The largest absolute Gasteiger partial charge is 0.481 e. The predicted molar refractivity (Wildman–Crippen MR) is 88.1 cm³/mol. The van der Waals surface area contributed by atoms with Crippen molar-refractivity contribution in [2.45, 2.75) is 27.2 Å². The maximum Gasteiger partial charge on any atom is 0.341 e. The number of ether oxygens (including phenoxy) is 1. The van der Waals surface area contributed by atoms with Gasteiger partial charge in [0.1, 0.15) is 5.00 Å². The van der Waals surface area contributed by atoms with Crippen LogP contribution >= 0.6 is 11.3 Å². The van der Waals surface area contributed by atoms with Gasteiger partial charge in [0.15, 0.2) is 0 Å². The van der Waals surface area contributed by atoms with E-state index in [0.29, 0.717) is 10.6 Å². The molecule has 0 bridgehead atoms. The highest BCUT2D eigenvalue weighted by atomic mass is 32.1. The number of carbonyl (C=O) groups excluding carboxylic acids is 2. The Labute approximate surface area is 139 Å². The van der Waals surface area contributed by atoms with E-state index in [2.05, 4.69) is 5.32 Å².